The van der Waals surface area contributed by atoms with Gasteiger partial charge in [0, 0.05) is 17.1 Å². The second kappa shape index (κ2) is 5.60. The van der Waals surface area contributed by atoms with Crippen LogP contribution in [0, 0.1) is 0 Å². The van der Waals surface area contributed by atoms with E-state index < -0.39 is 0 Å². The molecule has 1 aliphatic rings. The maximum Gasteiger partial charge on any atom is 0.151 e. The van der Waals surface area contributed by atoms with Gasteiger partial charge in [-0.1, -0.05) is 11.9 Å². The molecule has 0 aromatic carbocycles. The van der Waals surface area contributed by atoms with Crippen LogP contribution in [0.2, 0.25) is 0 Å². The van der Waals surface area contributed by atoms with Gasteiger partial charge in [0.1, 0.15) is 0 Å². The van der Waals surface area contributed by atoms with Crippen LogP contribution in [0.15, 0.2) is 22.9 Å². The number of nitrogens with zero attached hydrogens (tertiary/aromatic N) is 2. The van der Waals surface area contributed by atoms with Crippen LogP contribution in [0.3, 0.4) is 0 Å². The van der Waals surface area contributed by atoms with E-state index in [2.05, 4.69) is 71.2 Å². The van der Waals surface area contributed by atoms with Crippen LogP contribution in [-0.2, 0) is 0 Å². The lowest BCUT2D eigenvalue weighted by atomic mass is 10.2. The van der Waals surface area contributed by atoms with Gasteiger partial charge in [0.2, 0.25) is 0 Å². The minimum atomic E-state index is 0.202. The summed E-state index contributed by atoms with van der Waals surface area (Å²) in [5, 5.41) is 0. The second-order valence-electron chi connectivity index (χ2n) is 6.85. The van der Waals surface area contributed by atoms with E-state index in [9.17, 15) is 0 Å². The van der Waals surface area contributed by atoms with Crippen LogP contribution in [0.4, 0.5) is 0 Å². The molecule has 5 heteroatoms. The quantitative estimate of drug-likeness (QED) is 0.764. The summed E-state index contributed by atoms with van der Waals surface area (Å²) in [6.07, 6.45) is 7.02. The largest absolute Gasteiger partial charge is 0.306 e. The first kappa shape index (κ1) is 15.4. The summed E-state index contributed by atoms with van der Waals surface area (Å²) in [6, 6.07) is 2.46. The molecule has 0 aliphatic heterocycles. The Balaban J connectivity index is 1.84. The normalized spacial score (nSPS) is 17.4. The molecule has 114 valence electrons. The van der Waals surface area contributed by atoms with Gasteiger partial charge in [-0.25, -0.2) is 4.98 Å². The smallest absolute Gasteiger partial charge is 0.151 e. The fourth-order valence-electron chi connectivity index (χ4n) is 2.27. The van der Waals surface area contributed by atoms with Crippen LogP contribution < -0.4 is 4.72 Å². The molecule has 1 aliphatic carbocycles. The topological polar surface area (TPSA) is 29.3 Å². The Kier molecular flexibility index (Phi) is 4.10. The van der Waals surface area contributed by atoms with Crippen molar-refractivity contribution in [1.29, 1.82) is 0 Å². The number of halogens is 1. The van der Waals surface area contributed by atoms with Crippen molar-refractivity contribution >= 4 is 33.5 Å². The Morgan fingerprint density at radius 2 is 2.10 bits per heavy atom. The molecule has 3 rings (SSSR count). The van der Waals surface area contributed by atoms with Crippen molar-refractivity contribution in [3.05, 3.63) is 34.2 Å². The highest BCUT2D eigenvalue weighted by Crippen LogP contribution is 2.41. The summed E-state index contributed by atoms with van der Waals surface area (Å²) in [4.78, 5) is 4.77. The molecule has 0 radical (unpaired) electrons. The van der Waals surface area contributed by atoms with Crippen molar-refractivity contribution in [3.8, 4) is 0 Å². The zero-order valence-electron chi connectivity index (χ0n) is 13.0. The van der Waals surface area contributed by atoms with Crippen LogP contribution in [-0.4, -0.2) is 14.1 Å². The first-order valence-corrected chi connectivity index (χ1v) is 9.06. The van der Waals surface area contributed by atoms with Gasteiger partial charge in [-0.2, -0.15) is 0 Å². The van der Waals surface area contributed by atoms with Gasteiger partial charge in [-0.05, 0) is 74.0 Å². The van der Waals surface area contributed by atoms with E-state index in [1.807, 2.05) is 0 Å². The average Bonchev–Trinajstić information content (AvgIpc) is 3.14. The van der Waals surface area contributed by atoms with Crippen molar-refractivity contribution < 1.29 is 0 Å². The van der Waals surface area contributed by atoms with Crippen LogP contribution in [0.5, 0.6) is 0 Å². The second-order valence-corrected chi connectivity index (χ2v) is 9.37. The van der Waals surface area contributed by atoms with Crippen molar-refractivity contribution in [2.75, 3.05) is 0 Å². The molecule has 21 heavy (non-hydrogen) atoms. The monoisotopic (exact) mass is 367 g/mol. The molecule has 2 aromatic rings. The van der Waals surface area contributed by atoms with Crippen LogP contribution in [0.1, 0.15) is 63.8 Å². The van der Waals surface area contributed by atoms with E-state index in [1.165, 1.54) is 18.4 Å². The summed E-state index contributed by atoms with van der Waals surface area (Å²) in [6.45, 7) is 8.79. The molecule has 3 nitrogen and oxygen atoms in total. The Morgan fingerprint density at radius 1 is 1.38 bits per heavy atom. The predicted molar refractivity (Wildman–Crippen MR) is 93.8 cm³/mol. The van der Waals surface area contributed by atoms with Gasteiger partial charge >= 0.3 is 0 Å². The molecule has 1 saturated carbocycles. The summed E-state index contributed by atoms with van der Waals surface area (Å²) >= 11 is 5.43. The maximum absolute atomic E-state index is 4.77. The standard InChI is InChI=1S/C16H22BrN3S/c1-10(19-21-16(2,3)4)14-9-20-8-12(11-5-6-11)7-13(17)15(20)18-14/h7-11,19H,5-6H2,1-4H3/t10-/m1/s1. The Labute approximate surface area is 139 Å². The molecule has 1 N–H and O–H groups in total. The summed E-state index contributed by atoms with van der Waals surface area (Å²) in [5.41, 5.74) is 3.51. The molecule has 1 atom stereocenters. The van der Waals surface area contributed by atoms with E-state index in [4.69, 9.17) is 4.98 Å². The van der Waals surface area contributed by atoms with Gasteiger partial charge in [-0.3, -0.25) is 4.72 Å². The molecule has 0 unspecified atom stereocenters. The molecular weight excluding hydrogens is 346 g/mol. The van der Waals surface area contributed by atoms with E-state index in [0.29, 0.717) is 0 Å². The van der Waals surface area contributed by atoms with Gasteiger partial charge < -0.3 is 4.40 Å². The van der Waals surface area contributed by atoms with Gasteiger partial charge in [0.15, 0.2) is 5.65 Å². The van der Waals surface area contributed by atoms with E-state index in [1.54, 1.807) is 11.9 Å². The summed E-state index contributed by atoms with van der Waals surface area (Å²) < 4.78 is 6.95. The SMILES string of the molecule is C[C@@H](NSC(C)(C)C)c1cn2cc(C3CC3)cc(Br)c2n1. The van der Waals surface area contributed by atoms with Crippen LogP contribution >= 0.6 is 27.9 Å². The van der Waals surface area contributed by atoms with Crippen molar-refractivity contribution in [3.63, 3.8) is 0 Å². The fraction of sp³-hybridized carbons (Fsp3) is 0.562. The first-order valence-electron chi connectivity index (χ1n) is 7.45. The predicted octanol–water partition coefficient (Wildman–Crippen LogP) is 5.07. The average molecular weight is 368 g/mol. The Bertz CT molecular complexity index is 655. The number of hydrogen-bond donors (Lipinski definition) is 1. The highest BCUT2D eigenvalue weighted by atomic mass is 79.9. The number of hydrogen-bond acceptors (Lipinski definition) is 3. The number of nitrogens with one attached hydrogen (secondary N) is 1. The number of rotatable bonds is 4. The van der Waals surface area contributed by atoms with Crippen molar-refractivity contribution in [2.45, 2.75) is 57.2 Å². The highest BCUT2D eigenvalue weighted by Gasteiger charge is 2.25. The summed E-state index contributed by atoms with van der Waals surface area (Å²) in [5.74, 6) is 0.753. The third kappa shape index (κ3) is 3.63. The minimum Gasteiger partial charge on any atom is -0.306 e. The van der Waals surface area contributed by atoms with Gasteiger partial charge in [0.25, 0.3) is 0 Å². The number of pyridine rings is 1. The van der Waals surface area contributed by atoms with Gasteiger partial charge in [0.05, 0.1) is 16.2 Å². The molecule has 2 heterocycles. The number of aromatic nitrogens is 2. The molecule has 0 spiro atoms. The molecular formula is C16H22BrN3S. The first-order chi connectivity index (χ1) is 9.83. The Hall–Kier alpha value is -0.520. The van der Waals surface area contributed by atoms with Crippen molar-refractivity contribution in [1.82, 2.24) is 14.1 Å². The zero-order valence-corrected chi connectivity index (χ0v) is 15.4. The number of fused-ring (bicyclic) bond motifs is 1. The molecule has 0 bridgehead atoms. The zero-order chi connectivity index (χ0) is 15.2. The molecule has 0 amide bonds. The molecule has 1 fully saturated rings. The fourth-order valence-corrected chi connectivity index (χ4v) is 3.48. The third-order valence-electron chi connectivity index (χ3n) is 3.58. The van der Waals surface area contributed by atoms with E-state index >= 15 is 0 Å². The van der Waals surface area contributed by atoms with E-state index in [0.717, 1.165) is 21.7 Å². The van der Waals surface area contributed by atoms with Crippen LogP contribution in [0.25, 0.3) is 5.65 Å². The lowest BCUT2D eigenvalue weighted by Crippen LogP contribution is -2.20. The van der Waals surface area contributed by atoms with E-state index in [-0.39, 0.29) is 10.8 Å². The highest BCUT2D eigenvalue weighted by molar-refractivity contribution is 9.10. The molecule has 0 saturated heterocycles. The lowest BCUT2D eigenvalue weighted by Gasteiger charge is -2.20. The third-order valence-corrected chi connectivity index (χ3v) is 5.25. The lowest BCUT2D eigenvalue weighted by molar-refractivity contribution is 0.708. The van der Waals surface area contributed by atoms with Gasteiger partial charge in [-0.15, -0.1) is 0 Å². The minimum absolute atomic E-state index is 0.202. The number of imidazole rings is 1. The molecule has 2 aromatic heterocycles. The summed E-state index contributed by atoms with van der Waals surface area (Å²) in [7, 11) is 0. The maximum atomic E-state index is 4.77. The Morgan fingerprint density at radius 3 is 2.71 bits per heavy atom. The van der Waals surface area contributed by atoms with Crippen molar-refractivity contribution in [2.24, 2.45) is 0 Å².